The number of likely N-dealkylation sites (tertiary alicyclic amines) is 1. The molecule has 1 aliphatic carbocycles. The Morgan fingerprint density at radius 3 is 2.84 bits per heavy atom. The van der Waals surface area contributed by atoms with Crippen LogP contribution in [-0.2, 0) is 0 Å². The topological polar surface area (TPSA) is 51.3 Å². The number of anilines is 1. The first-order valence-electron chi connectivity index (χ1n) is 7.49. The van der Waals surface area contributed by atoms with Crippen molar-refractivity contribution in [2.45, 2.75) is 57.5 Å². The number of hydrogen-bond acceptors (Lipinski definition) is 2. The zero-order valence-corrected chi connectivity index (χ0v) is 11.6. The Kier molecular flexibility index (Phi) is 3.25. The third kappa shape index (κ3) is 2.36. The molecule has 2 fully saturated rings. The molecule has 1 aromatic heterocycles. The predicted molar refractivity (Wildman–Crippen MR) is 76.1 cm³/mol. The molecular formula is C15H23N3O. The van der Waals surface area contributed by atoms with Gasteiger partial charge in [-0.05, 0) is 44.6 Å². The molecule has 2 heterocycles. The summed E-state index contributed by atoms with van der Waals surface area (Å²) in [5.41, 5.74) is 7.39. The Hall–Kier alpha value is -1.45. The Balaban J connectivity index is 1.86. The van der Waals surface area contributed by atoms with Crippen molar-refractivity contribution >= 4 is 11.6 Å². The van der Waals surface area contributed by atoms with Crippen molar-refractivity contribution in [2.75, 3.05) is 12.3 Å². The average Bonchev–Trinajstić information content (AvgIpc) is 3.21. The molecule has 19 heavy (non-hydrogen) atoms. The number of amides is 1. The highest BCUT2D eigenvalue weighted by atomic mass is 16.2. The second kappa shape index (κ2) is 4.91. The van der Waals surface area contributed by atoms with Crippen molar-refractivity contribution in [3.63, 3.8) is 0 Å². The maximum Gasteiger partial charge on any atom is 0.270 e. The smallest absolute Gasteiger partial charge is 0.270 e. The summed E-state index contributed by atoms with van der Waals surface area (Å²) < 4.78 is 2.10. The third-order valence-corrected chi connectivity index (χ3v) is 4.39. The first-order chi connectivity index (χ1) is 9.20. The van der Waals surface area contributed by atoms with Gasteiger partial charge in [0.1, 0.15) is 5.69 Å². The fraction of sp³-hybridized carbons (Fsp3) is 0.667. The minimum Gasteiger partial charge on any atom is -0.397 e. The zero-order chi connectivity index (χ0) is 13.4. The summed E-state index contributed by atoms with van der Waals surface area (Å²) in [4.78, 5) is 14.9. The van der Waals surface area contributed by atoms with Gasteiger partial charge >= 0.3 is 0 Å². The standard InChI is InChI=1S/C15H23N3O/c1-2-12-5-3-4-8-17(12)15(19)14-9-11(16)10-18(14)13-6-7-13/h9-10,12-13H,2-8,16H2,1H3. The molecule has 4 heteroatoms. The van der Waals surface area contributed by atoms with E-state index in [-0.39, 0.29) is 5.91 Å². The number of piperidine rings is 1. The average molecular weight is 261 g/mol. The Morgan fingerprint density at radius 1 is 1.37 bits per heavy atom. The number of rotatable bonds is 3. The molecule has 0 spiro atoms. The normalized spacial score (nSPS) is 23.6. The van der Waals surface area contributed by atoms with E-state index in [1.54, 1.807) is 0 Å². The van der Waals surface area contributed by atoms with Crippen molar-refractivity contribution in [3.8, 4) is 0 Å². The van der Waals surface area contributed by atoms with E-state index in [9.17, 15) is 4.79 Å². The third-order valence-electron chi connectivity index (χ3n) is 4.39. The van der Waals surface area contributed by atoms with Crippen molar-refractivity contribution in [1.29, 1.82) is 0 Å². The molecule has 2 aliphatic rings. The summed E-state index contributed by atoms with van der Waals surface area (Å²) in [6.45, 7) is 3.07. The molecule has 0 aromatic carbocycles. The summed E-state index contributed by atoms with van der Waals surface area (Å²) in [6.07, 6.45) is 8.83. The van der Waals surface area contributed by atoms with Gasteiger partial charge in [0.25, 0.3) is 5.91 Å². The van der Waals surface area contributed by atoms with Crippen molar-refractivity contribution in [2.24, 2.45) is 0 Å². The van der Waals surface area contributed by atoms with Gasteiger partial charge in [-0.1, -0.05) is 6.92 Å². The summed E-state index contributed by atoms with van der Waals surface area (Å²) in [6, 6.07) is 2.76. The SMILES string of the molecule is CCC1CCCCN1C(=O)c1cc(N)cn1C1CC1. The van der Waals surface area contributed by atoms with Crippen LogP contribution in [0.4, 0.5) is 5.69 Å². The van der Waals surface area contributed by atoms with E-state index in [0.717, 1.165) is 31.5 Å². The molecule has 4 nitrogen and oxygen atoms in total. The van der Waals surface area contributed by atoms with Crippen molar-refractivity contribution in [1.82, 2.24) is 9.47 Å². The van der Waals surface area contributed by atoms with Crippen LogP contribution in [0.1, 0.15) is 62.0 Å². The highest BCUT2D eigenvalue weighted by Gasteiger charge is 2.32. The molecule has 1 aliphatic heterocycles. The van der Waals surface area contributed by atoms with Gasteiger partial charge < -0.3 is 15.2 Å². The van der Waals surface area contributed by atoms with Crippen LogP contribution < -0.4 is 5.73 Å². The van der Waals surface area contributed by atoms with E-state index in [2.05, 4.69) is 16.4 Å². The number of hydrogen-bond donors (Lipinski definition) is 1. The number of nitrogens with two attached hydrogens (primary N) is 1. The van der Waals surface area contributed by atoms with E-state index in [4.69, 9.17) is 5.73 Å². The van der Waals surface area contributed by atoms with Crippen LogP contribution in [0.3, 0.4) is 0 Å². The maximum absolute atomic E-state index is 12.8. The number of carbonyl (C=O) groups is 1. The van der Waals surface area contributed by atoms with Crippen LogP contribution in [0.5, 0.6) is 0 Å². The minimum absolute atomic E-state index is 0.176. The van der Waals surface area contributed by atoms with Gasteiger partial charge in [-0.15, -0.1) is 0 Å². The van der Waals surface area contributed by atoms with E-state index in [1.165, 1.54) is 19.3 Å². The molecular weight excluding hydrogens is 238 g/mol. The fourth-order valence-electron chi connectivity index (χ4n) is 3.17. The molecule has 0 radical (unpaired) electrons. The van der Waals surface area contributed by atoms with Crippen LogP contribution in [0.25, 0.3) is 0 Å². The van der Waals surface area contributed by atoms with E-state index in [0.29, 0.717) is 17.8 Å². The first-order valence-corrected chi connectivity index (χ1v) is 7.49. The number of aromatic nitrogens is 1. The Labute approximate surface area is 114 Å². The first kappa shape index (κ1) is 12.6. The number of nitrogens with zero attached hydrogens (tertiary/aromatic N) is 2. The molecule has 1 atom stereocenters. The Morgan fingerprint density at radius 2 is 2.16 bits per heavy atom. The minimum atomic E-state index is 0.176. The lowest BCUT2D eigenvalue weighted by Gasteiger charge is -2.35. The predicted octanol–water partition coefficient (Wildman–Crippen LogP) is 2.81. The zero-order valence-electron chi connectivity index (χ0n) is 11.6. The molecule has 1 unspecified atom stereocenters. The summed E-state index contributed by atoms with van der Waals surface area (Å²) in [5.74, 6) is 0.176. The van der Waals surface area contributed by atoms with Gasteiger partial charge in [0, 0.05) is 24.8 Å². The van der Waals surface area contributed by atoms with Crippen LogP contribution in [-0.4, -0.2) is 28.0 Å². The lowest BCUT2D eigenvalue weighted by Crippen LogP contribution is -2.44. The molecule has 3 rings (SSSR count). The fourth-order valence-corrected chi connectivity index (χ4v) is 3.17. The Bertz CT molecular complexity index is 476. The van der Waals surface area contributed by atoms with Gasteiger partial charge in [-0.25, -0.2) is 0 Å². The number of nitrogen functional groups attached to an aromatic ring is 1. The molecule has 1 amide bonds. The number of carbonyl (C=O) groups excluding carboxylic acids is 1. The molecule has 1 saturated carbocycles. The van der Waals surface area contributed by atoms with Crippen molar-refractivity contribution < 1.29 is 4.79 Å². The lowest BCUT2D eigenvalue weighted by atomic mass is 9.99. The van der Waals surface area contributed by atoms with Gasteiger partial charge in [0.2, 0.25) is 0 Å². The van der Waals surface area contributed by atoms with E-state index >= 15 is 0 Å². The molecule has 0 bridgehead atoms. The van der Waals surface area contributed by atoms with Crippen molar-refractivity contribution in [3.05, 3.63) is 18.0 Å². The quantitative estimate of drug-likeness (QED) is 0.909. The van der Waals surface area contributed by atoms with E-state index < -0.39 is 0 Å². The largest absolute Gasteiger partial charge is 0.397 e. The lowest BCUT2D eigenvalue weighted by molar-refractivity contribution is 0.0596. The summed E-state index contributed by atoms with van der Waals surface area (Å²) in [7, 11) is 0. The van der Waals surface area contributed by atoms with Crippen LogP contribution in [0.2, 0.25) is 0 Å². The highest BCUT2D eigenvalue weighted by molar-refractivity contribution is 5.94. The van der Waals surface area contributed by atoms with Crippen LogP contribution in [0.15, 0.2) is 12.3 Å². The van der Waals surface area contributed by atoms with E-state index in [1.807, 2.05) is 12.3 Å². The van der Waals surface area contributed by atoms with Gasteiger partial charge in [0.15, 0.2) is 0 Å². The summed E-state index contributed by atoms with van der Waals surface area (Å²) in [5, 5.41) is 0. The van der Waals surface area contributed by atoms with Crippen LogP contribution in [0, 0.1) is 0 Å². The molecule has 1 aromatic rings. The van der Waals surface area contributed by atoms with Crippen LogP contribution >= 0.6 is 0 Å². The monoisotopic (exact) mass is 261 g/mol. The second-order valence-corrected chi connectivity index (χ2v) is 5.85. The van der Waals surface area contributed by atoms with Gasteiger partial charge in [-0.2, -0.15) is 0 Å². The molecule has 104 valence electrons. The van der Waals surface area contributed by atoms with Gasteiger partial charge in [-0.3, -0.25) is 4.79 Å². The van der Waals surface area contributed by atoms with Gasteiger partial charge in [0.05, 0.1) is 5.69 Å². The molecule has 1 saturated heterocycles. The molecule has 2 N–H and O–H groups in total. The summed E-state index contributed by atoms with van der Waals surface area (Å²) >= 11 is 0. The highest BCUT2D eigenvalue weighted by Crippen LogP contribution is 2.37. The maximum atomic E-state index is 12.8. The second-order valence-electron chi connectivity index (χ2n) is 5.85.